The highest BCUT2D eigenvalue weighted by Crippen LogP contribution is 2.25. The summed E-state index contributed by atoms with van der Waals surface area (Å²) in [5, 5.41) is 36.4. The molecule has 1 heterocycles. The molecule has 180 valence electrons. The molecule has 0 radical (unpaired) electrons. The molecule has 1 aliphatic rings. The lowest BCUT2D eigenvalue weighted by molar-refractivity contribution is -0.0139. The summed E-state index contributed by atoms with van der Waals surface area (Å²) in [4.78, 5) is 37.8. The van der Waals surface area contributed by atoms with Crippen LogP contribution in [0, 0.1) is 5.92 Å². The Balaban J connectivity index is 1.89. The molecular formula is C22H29ClN4O6. The summed E-state index contributed by atoms with van der Waals surface area (Å²) in [5.74, 6) is -0.631. The summed E-state index contributed by atoms with van der Waals surface area (Å²) in [5.41, 5.74) is -3.10. The Morgan fingerprint density at radius 1 is 1.27 bits per heavy atom. The fourth-order valence-electron chi connectivity index (χ4n) is 3.92. The van der Waals surface area contributed by atoms with Gasteiger partial charge >= 0.3 is 5.69 Å². The number of benzene rings is 1. The van der Waals surface area contributed by atoms with Crippen molar-refractivity contribution in [2.45, 2.75) is 63.8 Å². The molecule has 0 bridgehead atoms. The van der Waals surface area contributed by atoms with Gasteiger partial charge in [0.1, 0.15) is 18.0 Å². The molecule has 0 saturated heterocycles. The van der Waals surface area contributed by atoms with Gasteiger partial charge in [0.05, 0.1) is 29.4 Å². The molecule has 2 unspecified atom stereocenters. The van der Waals surface area contributed by atoms with Gasteiger partial charge in [0, 0.05) is 5.92 Å². The second kappa shape index (κ2) is 10.6. The van der Waals surface area contributed by atoms with Crippen LogP contribution >= 0.6 is 11.6 Å². The van der Waals surface area contributed by atoms with Gasteiger partial charge in [-0.3, -0.25) is 14.2 Å². The van der Waals surface area contributed by atoms with Crippen LogP contribution in [0.3, 0.4) is 0 Å². The van der Waals surface area contributed by atoms with Crippen LogP contribution in [0.15, 0.2) is 34.0 Å². The van der Waals surface area contributed by atoms with Gasteiger partial charge in [-0.1, -0.05) is 37.3 Å². The molecule has 0 spiro atoms. The number of aliphatic hydroxyl groups excluding tert-OH is 2. The topological polar surface area (TPSA) is 147 Å². The minimum Gasteiger partial charge on any atom is -0.393 e. The van der Waals surface area contributed by atoms with Crippen LogP contribution in [-0.2, 0) is 6.54 Å². The van der Waals surface area contributed by atoms with Crippen LogP contribution in [-0.4, -0.2) is 54.0 Å². The molecule has 3 rings (SSSR count). The molecule has 0 aliphatic heterocycles. The van der Waals surface area contributed by atoms with E-state index in [0.29, 0.717) is 0 Å². The maximum absolute atomic E-state index is 12.9. The van der Waals surface area contributed by atoms with E-state index in [1.807, 2.05) is 0 Å². The van der Waals surface area contributed by atoms with Crippen molar-refractivity contribution in [3.8, 4) is 5.69 Å². The van der Waals surface area contributed by atoms with Gasteiger partial charge in [-0.25, -0.2) is 4.79 Å². The minimum atomic E-state index is -1.69. The Morgan fingerprint density at radius 3 is 2.58 bits per heavy atom. The predicted octanol–water partition coefficient (Wildman–Crippen LogP) is 0.809. The lowest BCUT2D eigenvalue weighted by Gasteiger charge is -2.22. The highest BCUT2D eigenvalue weighted by Gasteiger charge is 2.25. The highest BCUT2D eigenvalue weighted by molar-refractivity contribution is 6.33. The van der Waals surface area contributed by atoms with Crippen molar-refractivity contribution in [3.63, 3.8) is 0 Å². The smallest absolute Gasteiger partial charge is 0.352 e. The van der Waals surface area contributed by atoms with Crippen molar-refractivity contribution in [3.05, 3.63) is 55.8 Å². The average Bonchev–Trinajstić information content (AvgIpc) is 3.07. The fraction of sp³-hybridized carbons (Fsp3) is 0.545. The molecule has 4 N–H and O–H groups in total. The molecule has 1 amide bonds. The van der Waals surface area contributed by atoms with Gasteiger partial charge in [0.15, 0.2) is 0 Å². The van der Waals surface area contributed by atoms with E-state index >= 15 is 0 Å². The summed E-state index contributed by atoms with van der Waals surface area (Å²) in [6, 6.07) is 4.20. The largest absolute Gasteiger partial charge is 0.393 e. The van der Waals surface area contributed by atoms with Crippen LogP contribution in [0.4, 0.5) is 0 Å². The van der Waals surface area contributed by atoms with Crippen LogP contribution in [0.2, 0.25) is 5.02 Å². The van der Waals surface area contributed by atoms with E-state index in [1.54, 1.807) is 0 Å². The number of aromatic nitrogens is 3. The van der Waals surface area contributed by atoms with E-state index in [4.69, 9.17) is 11.6 Å². The van der Waals surface area contributed by atoms with E-state index in [1.165, 1.54) is 25.1 Å². The highest BCUT2D eigenvalue weighted by atomic mass is 35.5. The fourth-order valence-corrected chi connectivity index (χ4v) is 4.13. The third-order valence-corrected chi connectivity index (χ3v) is 6.20. The monoisotopic (exact) mass is 480 g/mol. The second-order valence-electron chi connectivity index (χ2n) is 8.75. The van der Waals surface area contributed by atoms with Gasteiger partial charge in [-0.15, -0.1) is 0 Å². The van der Waals surface area contributed by atoms with E-state index in [2.05, 4.69) is 10.4 Å². The number of nitrogens with one attached hydrogen (secondary N) is 1. The van der Waals surface area contributed by atoms with Crippen molar-refractivity contribution in [1.29, 1.82) is 0 Å². The third-order valence-electron chi connectivity index (χ3n) is 5.87. The number of carbonyl (C=O) groups excluding carboxylic acids is 1. The Morgan fingerprint density at radius 2 is 1.94 bits per heavy atom. The molecule has 1 fully saturated rings. The number of rotatable bonds is 7. The summed E-state index contributed by atoms with van der Waals surface area (Å²) < 4.78 is 1.64. The second-order valence-corrected chi connectivity index (χ2v) is 9.16. The number of carbonyl (C=O) groups is 1. The van der Waals surface area contributed by atoms with Crippen LogP contribution in [0.25, 0.3) is 5.69 Å². The van der Waals surface area contributed by atoms with Crippen molar-refractivity contribution >= 4 is 17.5 Å². The van der Waals surface area contributed by atoms with Crippen LogP contribution in [0.5, 0.6) is 0 Å². The Bertz CT molecular complexity index is 1100. The molecule has 10 nitrogen and oxygen atoms in total. The molecule has 2 aromatic rings. The Labute approximate surface area is 195 Å². The third kappa shape index (κ3) is 6.08. The van der Waals surface area contributed by atoms with Crippen molar-refractivity contribution in [2.75, 3.05) is 6.61 Å². The van der Waals surface area contributed by atoms with Crippen LogP contribution < -0.4 is 16.6 Å². The lowest BCUT2D eigenvalue weighted by Crippen LogP contribution is -2.47. The zero-order chi connectivity index (χ0) is 24.2. The minimum absolute atomic E-state index is 0.0365. The molecule has 11 heteroatoms. The van der Waals surface area contributed by atoms with E-state index in [-0.39, 0.29) is 22.2 Å². The van der Waals surface area contributed by atoms with Gasteiger partial charge in [0.25, 0.3) is 11.5 Å². The number of hydrogen-bond donors (Lipinski definition) is 4. The summed E-state index contributed by atoms with van der Waals surface area (Å²) in [6.07, 6.45) is 5.77. The number of amides is 1. The average molecular weight is 481 g/mol. The van der Waals surface area contributed by atoms with Crippen molar-refractivity contribution < 1.29 is 20.1 Å². The number of halogens is 1. The zero-order valence-corrected chi connectivity index (χ0v) is 19.2. The molecule has 1 aromatic carbocycles. The molecule has 1 aliphatic carbocycles. The van der Waals surface area contributed by atoms with Gasteiger partial charge in [-0.05, 0) is 38.0 Å². The number of aliphatic hydroxyl groups is 3. The van der Waals surface area contributed by atoms with Gasteiger partial charge in [-0.2, -0.15) is 9.78 Å². The lowest BCUT2D eigenvalue weighted by atomic mass is 9.98. The summed E-state index contributed by atoms with van der Waals surface area (Å²) in [7, 11) is 0. The van der Waals surface area contributed by atoms with E-state index in [9.17, 15) is 29.7 Å². The first-order valence-corrected chi connectivity index (χ1v) is 11.3. The van der Waals surface area contributed by atoms with Crippen molar-refractivity contribution in [1.82, 2.24) is 19.7 Å². The maximum Gasteiger partial charge on any atom is 0.352 e. The zero-order valence-electron chi connectivity index (χ0n) is 18.4. The first-order chi connectivity index (χ1) is 15.6. The summed E-state index contributed by atoms with van der Waals surface area (Å²) >= 11 is 6.21. The summed E-state index contributed by atoms with van der Waals surface area (Å²) in [6.45, 7) is 0.183. The quantitative estimate of drug-likeness (QED) is 0.338. The van der Waals surface area contributed by atoms with Crippen LogP contribution in [0.1, 0.15) is 55.8 Å². The van der Waals surface area contributed by atoms with Gasteiger partial charge in [0.2, 0.25) is 0 Å². The molecule has 1 aromatic heterocycles. The maximum atomic E-state index is 12.9. The number of nitrogens with zero attached hydrogens (tertiary/aromatic N) is 3. The Kier molecular flexibility index (Phi) is 8.06. The molecular weight excluding hydrogens is 452 g/mol. The predicted molar refractivity (Wildman–Crippen MR) is 121 cm³/mol. The number of hydrogen-bond acceptors (Lipinski definition) is 7. The van der Waals surface area contributed by atoms with E-state index < -0.39 is 42.1 Å². The Hall–Kier alpha value is -2.53. The first-order valence-electron chi connectivity index (χ1n) is 10.9. The molecule has 33 heavy (non-hydrogen) atoms. The SMILES string of the molecule is CC(O)(CO)Cn1c(=O)cnn(-c2ccc(Cl)c(C(=O)NC(O)C3CCCCCC3)c2)c1=O. The molecule has 2 atom stereocenters. The first kappa shape index (κ1) is 25.1. The van der Waals surface area contributed by atoms with Crippen molar-refractivity contribution in [2.24, 2.45) is 5.92 Å². The standard InChI is InChI=1S/C22H29ClN4O6/c1-22(33,13-28)12-26-18(29)11-24-27(21(26)32)15-8-9-17(23)16(10-15)20(31)25-19(30)14-6-4-2-3-5-7-14/h8-11,14,19,28,30,33H,2-7,12-13H2,1H3,(H,25,31). The van der Waals surface area contributed by atoms with E-state index in [0.717, 1.165) is 54.0 Å². The van der Waals surface area contributed by atoms with Gasteiger partial charge < -0.3 is 20.6 Å². The molecule has 1 saturated carbocycles. The normalized spacial score (nSPS) is 17.7.